The van der Waals surface area contributed by atoms with Crippen LogP contribution in [-0.4, -0.2) is 24.9 Å². The van der Waals surface area contributed by atoms with E-state index in [1.165, 1.54) is 6.42 Å². The number of carbonyl (C=O) groups is 2. The molecule has 150 valence electrons. The Morgan fingerprint density at radius 3 is 2.75 bits per heavy atom. The van der Waals surface area contributed by atoms with Gasteiger partial charge < -0.3 is 24.8 Å². The SMILES string of the molecule is CC1=C(C(=O)O[C@H]2CCC[C@H](C)C2)[C@@H](c2cc3c(cc2Br)OCO3)NC(=O)N1. The lowest BCUT2D eigenvalue weighted by molar-refractivity contribution is -0.146. The maximum absolute atomic E-state index is 13.1. The van der Waals surface area contributed by atoms with Gasteiger partial charge in [-0.1, -0.05) is 29.3 Å². The molecule has 3 aliphatic rings. The summed E-state index contributed by atoms with van der Waals surface area (Å²) in [6.07, 6.45) is 3.88. The van der Waals surface area contributed by atoms with Crippen molar-refractivity contribution >= 4 is 27.9 Å². The number of fused-ring (bicyclic) bond motifs is 1. The van der Waals surface area contributed by atoms with Crippen molar-refractivity contribution in [2.24, 2.45) is 5.92 Å². The summed E-state index contributed by atoms with van der Waals surface area (Å²) in [7, 11) is 0. The van der Waals surface area contributed by atoms with E-state index in [-0.39, 0.29) is 18.9 Å². The topological polar surface area (TPSA) is 85.9 Å². The third-order valence-electron chi connectivity index (χ3n) is 5.45. The molecule has 0 saturated heterocycles. The second-order valence-electron chi connectivity index (χ2n) is 7.60. The van der Waals surface area contributed by atoms with Crippen LogP contribution in [0.2, 0.25) is 0 Å². The molecule has 1 aromatic carbocycles. The second-order valence-corrected chi connectivity index (χ2v) is 8.45. The van der Waals surface area contributed by atoms with Crippen molar-refractivity contribution in [3.8, 4) is 11.5 Å². The summed E-state index contributed by atoms with van der Waals surface area (Å²) in [5.41, 5.74) is 1.60. The largest absolute Gasteiger partial charge is 0.459 e. The number of hydrogen-bond donors (Lipinski definition) is 2. The van der Waals surface area contributed by atoms with Crippen LogP contribution in [0.5, 0.6) is 11.5 Å². The lowest BCUT2D eigenvalue weighted by Crippen LogP contribution is -2.45. The molecule has 28 heavy (non-hydrogen) atoms. The summed E-state index contributed by atoms with van der Waals surface area (Å²) in [6, 6.07) is 2.56. The summed E-state index contributed by atoms with van der Waals surface area (Å²) in [6.45, 7) is 4.04. The van der Waals surface area contributed by atoms with Crippen molar-refractivity contribution in [2.75, 3.05) is 6.79 Å². The summed E-state index contributed by atoms with van der Waals surface area (Å²) in [5, 5.41) is 5.52. The maximum atomic E-state index is 13.1. The van der Waals surface area contributed by atoms with Gasteiger partial charge in [-0.15, -0.1) is 0 Å². The molecule has 0 unspecified atom stereocenters. The highest BCUT2D eigenvalue weighted by Crippen LogP contribution is 2.41. The molecule has 2 amide bonds. The first-order valence-corrected chi connectivity index (χ1v) is 10.3. The fourth-order valence-electron chi connectivity index (χ4n) is 4.05. The molecular weight excluding hydrogens is 428 g/mol. The summed E-state index contributed by atoms with van der Waals surface area (Å²) >= 11 is 3.53. The first kappa shape index (κ1) is 19.1. The molecule has 4 rings (SSSR count). The highest BCUT2D eigenvalue weighted by Gasteiger charge is 2.36. The number of amides is 2. The highest BCUT2D eigenvalue weighted by molar-refractivity contribution is 9.10. The van der Waals surface area contributed by atoms with Crippen LogP contribution in [0.4, 0.5) is 4.79 Å². The van der Waals surface area contributed by atoms with E-state index < -0.39 is 12.0 Å². The molecule has 0 aromatic heterocycles. The van der Waals surface area contributed by atoms with E-state index in [9.17, 15) is 9.59 Å². The highest BCUT2D eigenvalue weighted by atomic mass is 79.9. The normalized spacial score (nSPS) is 26.5. The lowest BCUT2D eigenvalue weighted by Gasteiger charge is -2.31. The van der Waals surface area contributed by atoms with Crippen LogP contribution < -0.4 is 20.1 Å². The molecule has 1 aliphatic carbocycles. The molecule has 7 nitrogen and oxygen atoms in total. The molecule has 1 saturated carbocycles. The quantitative estimate of drug-likeness (QED) is 0.681. The van der Waals surface area contributed by atoms with Crippen molar-refractivity contribution in [1.82, 2.24) is 10.6 Å². The van der Waals surface area contributed by atoms with E-state index in [0.29, 0.717) is 38.7 Å². The van der Waals surface area contributed by atoms with E-state index in [1.54, 1.807) is 19.1 Å². The Labute approximate surface area is 171 Å². The van der Waals surface area contributed by atoms with E-state index in [1.807, 2.05) is 0 Å². The zero-order valence-corrected chi connectivity index (χ0v) is 17.4. The van der Waals surface area contributed by atoms with E-state index in [2.05, 4.69) is 33.5 Å². The number of ether oxygens (including phenoxy) is 3. The van der Waals surface area contributed by atoms with Gasteiger partial charge in [-0.3, -0.25) is 0 Å². The first-order valence-electron chi connectivity index (χ1n) is 9.50. The van der Waals surface area contributed by atoms with Crippen LogP contribution in [-0.2, 0) is 9.53 Å². The van der Waals surface area contributed by atoms with Gasteiger partial charge in [-0.05, 0) is 49.8 Å². The monoisotopic (exact) mass is 450 g/mol. The number of urea groups is 1. The Kier molecular flexibility index (Phi) is 5.23. The van der Waals surface area contributed by atoms with Crippen molar-refractivity contribution in [3.05, 3.63) is 33.4 Å². The van der Waals surface area contributed by atoms with E-state index in [4.69, 9.17) is 14.2 Å². The van der Waals surface area contributed by atoms with Gasteiger partial charge in [0, 0.05) is 10.2 Å². The average molecular weight is 451 g/mol. The van der Waals surface area contributed by atoms with Crippen LogP contribution >= 0.6 is 15.9 Å². The number of esters is 1. The molecule has 2 heterocycles. The fraction of sp³-hybridized carbons (Fsp3) is 0.500. The zero-order chi connectivity index (χ0) is 19.8. The Morgan fingerprint density at radius 1 is 1.25 bits per heavy atom. The molecule has 1 fully saturated rings. The molecule has 1 aromatic rings. The Balaban J connectivity index is 1.64. The van der Waals surface area contributed by atoms with E-state index in [0.717, 1.165) is 19.3 Å². The molecular formula is C20H23BrN2O5. The maximum Gasteiger partial charge on any atom is 0.338 e. The second kappa shape index (κ2) is 7.66. The Bertz CT molecular complexity index is 853. The van der Waals surface area contributed by atoms with Gasteiger partial charge in [0.25, 0.3) is 0 Å². The van der Waals surface area contributed by atoms with Crippen molar-refractivity contribution in [3.63, 3.8) is 0 Å². The lowest BCUT2D eigenvalue weighted by atomic mass is 9.88. The van der Waals surface area contributed by atoms with Crippen LogP contribution in [0.15, 0.2) is 27.9 Å². The smallest absolute Gasteiger partial charge is 0.338 e. The van der Waals surface area contributed by atoms with Crippen molar-refractivity contribution in [1.29, 1.82) is 0 Å². The zero-order valence-electron chi connectivity index (χ0n) is 15.8. The van der Waals surface area contributed by atoms with Crippen LogP contribution in [0.25, 0.3) is 0 Å². The Morgan fingerprint density at radius 2 is 2.00 bits per heavy atom. The van der Waals surface area contributed by atoms with Gasteiger partial charge in [-0.2, -0.15) is 0 Å². The van der Waals surface area contributed by atoms with Gasteiger partial charge in [0.15, 0.2) is 11.5 Å². The van der Waals surface area contributed by atoms with Gasteiger partial charge >= 0.3 is 12.0 Å². The number of benzene rings is 1. The predicted molar refractivity (Wildman–Crippen MR) is 105 cm³/mol. The summed E-state index contributed by atoms with van der Waals surface area (Å²) in [4.78, 5) is 25.2. The minimum Gasteiger partial charge on any atom is -0.459 e. The molecule has 3 atom stereocenters. The molecule has 2 aliphatic heterocycles. The fourth-order valence-corrected chi connectivity index (χ4v) is 4.60. The minimum absolute atomic E-state index is 0.0879. The Hall–Kier alpha value is -2.22. The average Bonchev–Trinajstić information content (AvgIpc) is 3.07. The summed E-state index contributed by atoms with van der Waals surface area (Å²) in [5.74, 6) is 1.35. The van der Waals surface area contributed by atoms with Crippen LogP contribution in [0.3, 0.4) is 0 Å². The molecule has 8 heteroatoms. The standard InChI is InChI=1S/C20H23BrN2O5/c1-10-4-3-5-12(6-10)28-19(24)17-11(2)22-20(25)23-18(17)13-7-15-16(8-14(13)21)27-9-26-15/h7-8,10,12,18H,3-6,9H2,1-2H3,(H2,22,23,25)/t10-,12-,18+/m0/s1. The van der Waals surface area contributed by atoms with Crippen molar-refractivity contribution in [2.45, 2.75) is 51.7 Å². The van der Waals surface area contributed by atoms with Crippen molar-refractivity contribution < 1.29 is 23.8 Å². The third kappa shape index (κ3) is 3.70. The van der Waals surface area contributed by atoms with Gasteiger partial charge in [0.2, 0.25) is 6.79 Å². The molecule has 0 radical (unpaired) electrons. The van der Waals surface area contributed by atoms with Gasteiger partial charge in [0.05, 0.1) is 11.6 Å². The number of nitrogens with one attached hydrogen (secondary N) is 2. The summed E-state index contributed by atoms with van der Waals surface area (Å²) < 4.78 is 17.4. The van der Waals surface area contributed by atoms with Gasteiger partial charge in [0.1, 0.15) is 6.10 Å². The van der Waals surface area contributed by atoms with Gasteiger partial charge in [-0.25, -0.2) is 9.59 Å². The third-order valence-corrected chi connectivity index (χ3v) is 6.14. The van der Waals surface area contributed by atoms with Crippen LogP contribution in [0, 0.1) is 5.92 Å². The number of rotatable bonds is 3. The van der Waals surface area contributed by atoms with E-state index >= 15 is 0 Å². The molecule has 2 N–H and O–H groups in total. The molecule has 0 spiro atoms. The molecule has 0 bridgehead atoms. The first-order chi connectivity index (χ1) is 13.4. The number of hydrogen-bond acceptors (Lipinski definition) is 5. The predicted octanol–water partition coefficient (Wildman–Crippen LogP) is 3.93. The number of halogens is 1. The number of allylic oxidation sites excluding steroid dienone is 1. The minimum atomic E-state index is -0.647. The van der Waals surface area contributed by atoms with Crippen LogP contribution in [0.1, 0.15) is 51.1 Å². The number of carbonyl (C=O) groups excluding carboxylic acids is 2.